The van der Waals surface area contributed by atoms with Gasteiger partial charge in [-0.2, -0.15) is 17.5 Å². The zero-order chi connectivity index (χ0) is 24.6. The molecule has 37 heavy (non-hydrogen) atoms. The lowest BCUT2D eigenvalue weighted by molar-refractivity contribution is 1.28. The van der Waals surface area contributed by atoms with E-state index in [1.54, 1.807) is 0 Å². The Morgan fingerprint density at radius 2 is 0.865 bits per heavy atom. The van der Waals surface area contributed by atoms with Crippen molar-refractivity contribution in [2.75, 3.05) is 4.90 Å². The van der Waals surface area contributed by atoms with Gasteiger partial charge >= 0.3 is 0 Å². The van der Waals surface area contributed by atoms with Gasteiger partial charge in [-0.15, -0.1) is 0 Å². The fourth-order valence-corrected chi connectivity index (χ4v) is 5.78. The first-order valence-corrected chi connectivity index (χ1v) is 13.3. The minimum absolute atomic E-state index is 0.932. The molecule has 2 aromatic heterocycles. The minimum Gasteiger partial charge on any atom is -0.311 e. The van der Waals surface area contributed by atoms with E-state index in [4.69, 9.17) is 0 Å². The second kappa shape index (κ2) is 9.20. The number of nitrogens with zero attached hydrogens (tertiary/aromatic N) is 5. The van der Waals surface area contributed by atoms with Gasteiger partial charge in [0.05, 0.1) is 23.5 Å². The molecule has 5 nitrogen and oxygen atoms in total. The van der Waals surface area contributed by atoms with Crippen LogP contribution in [0.2, 0.25) is 0 Å². The van der Waals surface area contributed by atoms with Crippen molar-refractivity contribution >= 4 is 62.6 Å². The van der Waals surface area contributed by atoms with E-state index in [0.29, 0.717) is 0 Å². The lowest BCUT2D eigenvalue weighted by Gasteiger charge is -2.26. The Labute approximate surface area is 222 Å². The van der Waals surface area contributed by atoms with Gasteiger partial charge in [-0.05, 0) is 59.7 Å². The summed E-state index contributed by atoms with van der Waals surface area (Å²) in [6, 6.07) is 40.0. The molecule has 0 radical (unpaired) electrons. The van der Waals surface area contributed by atoms with Crippen LogP contribution in [0.15, 0.2) is 115 Å². The Hall–Kier alpha value is -4.46. The van der Waals surface area contributed by atoms with Gasteiger partial charge in [0.2, 0.25) is 0 Å². The van der Waals surface area contributed by atoms with Crippen LogP contribution in [0.1, 0.15) is 0 Å². The quantitative estimate of drug-likeness (QED) is 0.231. The molecule has 0 unspecified atom stereocenters. The predicted octanol–water partition coefficient (Wildman–Crippen LogP) is 8.50. The highest BCUT2D eigenvalue weighted by molar-refractivity contribution is 7.00. The minimum atomic E-state index is 0.932. The average Bonchev–Trinajstić information content (AvgIpc) is 3.64. The second-order valence-electron chi connectivity index (χ2n) is 8.64. The van der Waals surface area contributed by atoms with Crippen molar-refractivity contribution in [3.63, 3.8) is 0 Å². The molecule has 0 aliphatic rings. The van der Waals surface area contributed by atoms with E-state index < -0.39 is 0 Å². The van der Waals surface area contributed by atoms with Crippen molar-refractivity contribution in [3.8, 4) is 22.3 Å². The Morgan fingerprint density at radius 1 is 0.405 bits per heavy atom. The predicted molar refractivity (Wildman–Crippen MR) is 154 cm³/mol. The highest BCUT2D eigenvalue weighted by Crippen LogP contribution is 2.37. The largest absolute Gasteiger partial charge is 0.311 e. The van der Waals surface area contributed by atoms with Crippen molar-refractivity contribution in [2.24, 2.45) is 0 Å². The third kappa shape index (κ3) is 3.94. The van der Waals surface area contributed by atoms with E-state index >= 15 is 0 Å². The van der Waals surface area contributed by atoms with Crippen LogP contribution < -0.4 is 4.90 Å². The first kappa shape index (κ1) is 21.8. The number of aromatic nitrogens is 4. The lowest BCUT2D eigenvalue weighted by Crippen LogP contribution is -2.09. The summed E-state index contributed by atoms with van der Waals surface area (Å²) < 4.78 is 17.8. The number of hydrogen-bond donors (Lipinski definition) is 0. The lowest BCUT2D eigenvalue weighted by atomic mass is 10.0. The van der Waals surface area contributed by atoms with E-state index in [0.717, 1.165) is 61.4 Å². The number of anilines is 3. The molecule has 0 spiro atoms. The van der Waals surface area contributed by atoms with Gasteiger partial charge in [0.15, 0.2) is 0 Å². The molecule has 176 valence electrons. The summed E-state index contributed by atoms with van der Waals surface area (Å²) in [4.78, 5) is 2.27. The molecular weight excluding hydrogens is 494 g/mol. The number of para-hydroxylation sites is 1. The zero-order valence-corrected chi connectivity index (χ0v) is 21.2. The number of benzene rings is 5. The molecule has 7 heteroatoms. The van der Waals surface area contributed by atoms with E-state index in [1.807, 2.05) is 30.3 Å². The third-order valence-corrected chi connectivity index (χ3v) is 7.54. The molecule has 0 saturated carbocycles. The highest BCUT2D eigenvalue weighted by atomic mass is 32.1. The fourth-order valence-electron chi connectivity index (χ4n) is 4.68. The number of fused-ring (bicyclic) bond motifs is 2. The Morgan fingerprint density at radius 3 is 1.35 bits per heavy atom. The van der Waals surface area contributed by atoms with Crippen LogP contribution in [0.4, 0.5) is 17.1 Å². The molecule has 2 heterocycles. The average molecular weight is 514 g/mol. The summed E-state index contributed by atoms with van der Waals surface area (Å²) in [5.74, 6) is 0. The molecule has 0 atom stereocenters. The van der Waals surface area contributed by atoms with Crippen molar-refractivity contribution in [2.45, 2.75) is 0 Å². The molecule has 0 bridgehead atoms. The SMILES string of the molecule is c1ccc(N(c2ccc(-c3cccc4nsnc34)cc2)c2ccc(-c3cccc4nsnc34)cc2)cc1. The van der Waals surface area contributed by atoms with Gasteiger partial charge < -0.3 is 4.90 Å². The van der Waals surface area contributed by atoms with Gasteiger partial charge in [-0.25, -0.2) is 0 Å². The van der Waals surface area contributed by atoms with E-state index in [9.17, 15) is 0 Å². The molecule has 0 aliphatic carbocycles. The van der Waals surface area contributed by atoms with E-state index in [2.05, 4.69) is 107 Å². The van der Waals surface area contributed by atoms with Crippen LogP contribution in [0, 0.1) is 0 Å². The maximum Gasteiger partial charge on any atom is 0.112 e. The summed E-state index contributed by atoms with van der Waals surface area (Å²) in [7, 11) is 0. The van der Waals surface area contributed by atoms with E-state index in [1.165, 1.54) is 23.5 Å². The Bertz CT molecular complexity index is 1710. The van der Waals surface area contributed by atoms with Crippen molar-refractivity contribution < 1.29 is 0 Å². The van der Waals surface area contributed by atoms with Gasteiger partial charge in [0, 0.05) is 28.2 Å². The molecule has 0 saturated heterocycles. The van der Waals surface area contributed by atoms with Crippen LogP contribution >= 0.6 is 23.5 Å². The molecule has 0 N–H and O–H groups in total. The second-order valence-corrected chi connectivity index (χ2v) is 9.70. The number of rotatable bonds is 5. The topological polar surface area (TPSA) is 54.8 Å². The molecule has 0 amide bonds. The molecule has 0 aliphatic heterocycles. The van der Waals surface area contributed by atoms with Gasteiger partial charge in [-0.3, -0.25) is 0 Å². The van der Waals surface area contributed by atoms with Crippen LogP contribution in [0.25, 0.3) is 44.3 Å². The number of hydrogen-bond acceptors (Lipinski definition) is 7. The standard InChI is InChI=1S/C30H19N5S2/c1-2-6-22(7-3-1)35(23-16-12-20(13-17-23)25-8-4-10-27-29(25)33-36-31-27)24-18-14-21(15-19-24)26-9-5-11-28-30(26)34-37-32-28/h1-19H. The molecule has 5 aromatic carbocycles. The molecule has 7 rings (SSSR count). The van der Waals surface area contributed by atoms with Crippen LogP contribution in [0.3, 0.4) is 0 Å². The summed E-state index contributed by atoms with van der Waals surface area (Å²) in [5.41, 5.74) is 11.4. The maximum atomic E-state index is 4.51. The Kier molecular flexibility index (Phi) is 5.42. The first-order valence-electron chi connectivity index (χ1n) is 11.8. The molecular formula is C30H19N5S2. The van der Waals surface area contributed by atoms with Gasteiger partial charge in [0.25, 0.3) is 0 Å². The summed E-state index contributed by atoms with van der Waals surface area (Å²) in [6.07, 6.45) is 0. The van der Waals surface area contributed by atoms with Crippen molar-refractivity contribution in [3.05, 3.63) is 115 Å². The fraction of sp³-hybridized carbons (Fsp3) is 0. The monoisotopic (exact) mass is 513 g/mol. The summed E-state index contributed by atoms with van der Waals surface area (Å²) >= 11 is 2.50. The maximum absolute atomic E-state index is 4.51. The van der Waals surface area contributed by atoms with Crippen LogP contribution in [0.5, 0.6) is 0 Å². The van der Waals surface area contributed by atoms with E-state index in [-0.39, 0.29) is 0 Å². The van der Waals surface area contributed by atoms with Crippen molar-refractivity contribution in [1.82, 2.24) is 17.5 Å². The molecule has 7 aromatic rings. The van der Waals surface area contributed by atoms with Crippen molar-refractivity contribution in [1.29, 1.82) is 0 Å². The molecule has 0 fully saturated rings. The van der Waals surface area contributed by atoms with Crippen LogP contribution in [-0.2, 0) is 0 Å². The summed E-state index contributed by atoms with van der Waals surface area (Å²) in [5, 5.41) is 0. The highest BCUT2D eigenvalue weighted by Gasteiger charge is 2.15. The van der Waals surface area contributed by atoms with Gasteiger partial charge in [-0.1, -0.05) is 66.7 Å². The third-order valence-electron chi connectivity index (χ3n) is 6.46. The van der Waals surface area contributed by atoms with Gasteiger partial charge in [0.1, 0.15) is 22.1 Å². The zero-order valence-electron chi connectivity index (χ0n) is 19.5. The van der Waals surface area contributed by atoms with Crippen LogP contribution in [-0.4, -0.2) is 17.5 Å². The first-order chi connectivity index (χ1) is 18.3. The summed E-state index contributed by atoms with van der Waals surface area (Å²) in [6.45, 7) is 0. The normalized spacial score (nSPS) is 11.2. The Balaban J connectivity index is 1.28. The smallest absolute Gasteiger partial charge is 0.112 e.